The minimum absolute atomic E-state index is 0.498. The van der Waals surface area contributed by atoms with E-state index in [0.717, 1.165) is 57.9 Å². The van der Waals surface area contributed by atoms with Gasteiger partial charge in [0.25, 0.3) is 0 Å². The van der Waals surface area contributed by atoms with Crippen molar-refractivity contribution in [3.8, 4) is 11.1 Å². The summed E-state index contributed by atoms with van der Waals surface area (Å²) in [5.41, 5.74) is 10.9. The standard InChI is InChI=1S/C25H32N6O/c26-25(28-10-3-12-30-14-16-32-17-15-30)29-18-23-4-1-2-5-24(23)22-8-6-21(7-9-22)19-31-13-11-27-20-31/h1-2,4-9,11,13,20H,3,10,12,14-19H2,(H3,26,28,29). The van der Waals surface area contributed by atoms with E-state index in [2.05, 4.69) is 67.2 Å². The largest absolute Gasteiger partial charge is 0.379 e. The first-order chi connectivity index (χ1) is 15.8. The molecule has 32 heavy (non-hydrogen) atoms. The highest BCUT2D eigenvalue weighted by Gasteiger charge is 2.09. The van der Waals surface area contributed by atoms with Crippen molar-refractivity contribution in [2.75, 3.05) is 39.4 Å². The summed E-state index contributed by atoms with van der Waals surface area (Å²) < 4.78 is 7.45. The molecule has 1 aliphatic rings. The molecule has 0 unspecified atom stereocenters. The van der Waals surface area contributed by atoms with Crippen LogP contribution < -0.4 is 11.1 Å². The molecule has 7 nitrogen and oxygen atoms in total. The van der Waals surface area contributed by atoms with Crippen molar-refractivity contribution >= 4 is 5.96 Å². The SMILES string of the molecule is NC(=NCc1ccccc1-c1ccc(Cn2ccnc2)cc1)NCCCN1CCOCC1. The van der Waals surface area contributed by atoms with Crippen LogP contribution in [0.4, 0.5) is 0 Å². The van der Waals surface area contributed by atoms with Crippen molar-refractivity contribution in [2.45, 2.75) is 19.5 Å². The highest BCUT2D eigenvalue weighted by atomic mass is 16.5. The molecule has 1 aliphatic heterocycles. The van der Waals surface area contributed by atoms with E-state index in [1.165, 1.54) is 16.7 Å². The van der Waals surface area contributed by atoms with Crippen LogP contribution in [-0.2, 0) is 17.8 Å². The number of imidazole rings is 1. The van der Waals surface area contributed by atoms with Gasteiger partial charge in [-0.15, -0.1) is 0 Å². The maximum Gasteiger partial charge on any atom is 0.188 e. The molecule has 0 saturated carbocycles. The second-order valence-electron chi connectivity index (χ2n) is 8.02. The van der Waals surface area contributed by atoms with Gasteiger partial charge in [0.15, 0.2) is 5.96 Å². The third-order valence-electron chi connectivity index (χ3n) is 5.69. The number of nitrogens with two attached hydrogens (primary N) is 1. The number of aromatic nitrogens is 2. The lowest BCUT2D eigenvalue weighted by molar-refractivity contribution is 0.0376. The Morgan fingerprint density at radius 3 is 2.69 bits per heavy atom. The molecule has 7 heteroatoms. The molecule has 2 heterocycles. The summed E-state index contributed by atoms with van der Waals surface area (Å²) in [5, 5.41) is 3.24. The zero-order valence-corrected chi connectivity index (χ0v) is 18.5. The van der Waals surface area contributed by atoms with Crippen molar-refractivity contribution < 1.29 is 4.74 Å². The topological polar surface area (TPSA) is 80.7 Å². The van der Waals surface area contributed by atoms with Gasteiger partial charge in [-0.1, -0.05) is 48.5 Å². The predicted molar refractivity (Wildman–Crippen MR) is 128 cm³/mol. The Balaban J connectivity index is 1.30. The number of ether oxygens (including phenoxy) is 1. The molecule has 3 aromatic rings. The molecule has 0 radical (unpaired) electrons. The highest BCUT2D eigenvalue weighted by molar-refractivity contribution is 5.78. The van der Waals surface area contributed by atoms with E-state index in [-0.39, 0.29) is 0 Å². The van der Waals surface area contributed by atoms with Gasteiger partial charge in [0.05, 0.1) is 26.1 Å². The van der Waals surface area contributed by atoms with Gasteiger partial charge in [0.1, 0.15) is 0 Å². The van der Waals surface area contributed by atoms with Crippen molar-refractivity contribution in [1.82, 2.24) is 19.8 Å². The summed E-state index contributed by atoms with van der Waals surface area (Å²) >= 11 is 0. The van der Waals surface area contributed by atoms with Crippen LogP contribution in [0, 0.1) is 0 Å². The van der Waals surface area contributed by atoms with Gasteiger partial charge in [0, 0.05) is 38.6 Å². The third kappa shape index (κ3) is 6.42. The van der Waals surface area contributed by atoms with Crippen LogP contribution in [-0.4, -0.2) is 59.8 Å². The second-order valence-corrected chi connectivity index (χ2v) is 8.02. The summed E-state index contributed by atoms with van der Waals surface area (Å²) in [5.74, 6) is 0.498. The number of aliphatic imine (C=N–C) groups is 1. The van der Waals surface area contributed by atoms with E-state index < -0.39 is 0 Å². The Morgan fingerprint density at radius 2 is 1.91 bits per heavy atom. The molecule has 0 bridgehead atoms. The first-order valence-corrected chi connectivity index (χ1v) is 11.2. The monoisotopic (exact) mass is 432 g/mol. The van der Waals surface area contributed by atoms with Crippen LogP contribution in [0.15, 0.2) is 72.2 Å². The summed E-state index contributed by atoms with van der Waals surface area (Å²) in [6.45, 7) is 6.97. The zero-order chi connectivity index (χ0) is 22.0. The molecular weight excluding hydrogens is 400 g/mol. The van der Waals surface area contributed by atoms with Crippen LogP contribution >= 0.6 is 0 Å². The highest BCUT2D eigenvalue weighted by Crippen LogP contribution is 2.25. The Bertz CT molecular complexity index is 978. The summed E-state index contributed by atoms with van der Waals surface area (Å²) in [6, 6.07) is 17.0. The second kappa shape index (κ2) is 11.5. The van der Waals surface area contributed by atoms with Gasteiger partial charge in [-0.3, -0.25) is 4.90 Å². The molecular formula is C25H32N6O. The summed E-state index contributed by atoms with van der Waals surface area (Å²) in [7, 11) is 0. The maximum absolute atomic E-state index is 6.11. The van der Waals surface area contributed by atoms with Crippen molar-refractivity contribution in [2.24, 2.45) is 10.7 Å². The number of hydrogen-bond donors (Lipinski definition) is 2. The van der Waals surface area contributed by atoms with Gasteiger partial charge in [-0.25, -0.2) is 9.98 Å². The molecule has 0 atom stereocenters. The molecule has 1 saturated heterocycles. The van der Waals surface area contributed by atoms with E-state index >= 15 is 0 Å². The number of nitrogens with one attached hydrogen (secondary N) is 1. The first kappa shape index (κ1) is 22.0. The van der Waals surface area contributed by atoms with E-state index in [0.29, 0.717) is 12.5 Å². The minimum atomic E-state index is 0.498. The Labute approximate surface area is 189 Å². The number of benzene rings is 2. The van der Waals surface area contributed by atoms with Crippen molar-refractivity contribution in [3.63, 3.8) is 0 Å². The molecule has 0 aliphatic carbocycles. The fourth-order valence-corrected chi connectivity index (χ4v) is 3.89. The van der Waals surface area contributed by atoms with E-state index in [1.807, 2.05) is 18.6 Å². The van der Waals surface area contributed by atoms with Gasteiger partial charge >= 0.3 is 0 Å². The molecule has 3 N–H and O–H groups in total. The number of guanidine groups is 1. The number of rotatable bonds is 9. The molecule has 168 valence electrons. The zero-order valence-electron chi connectivity index (χ0n) is 18.5. The fraction of sp³-hybridized carbons (Fsp3) is 0.360. The Kier molecular flexibility index (Phi) is 7.89. The van der Waals surface area contributed by atoms with E-state index in [9.17, 15) is 0 Å². The molecule has 0 amide bonds. The van der Waals surface area contributed by atoms with Gasteiger partial charge in [-0.2, -0.15) is 0 Å². The number of nitrogens with zero attached hydrogens (tertiary/aromatic N) is 4. The quantitative estimate of drug-likeness (QED) is 0.309. The maximum atomic E-state index is 6.11. The predicted octanol–water partition coefficient (Wildman–Crippen LogP) is 2.73. The smallest absolute Gasteiger partial charge is 0.188 e. The lowest BCUT2D eigenvalue weighted by Crippen LogP contribution is -2.39. The molecule has 2 aromatic carbocycles. The minimum Gasteiger partial charge on any atom is -0.379 e. The van der Waals surface area contributed by atoms with Crippen LogP contribution in [0.2, 0.25) is 0 Å². The lowest BCUT2D eigenvalue weighted by Gasteiger charge is -2.26. The Morgan fingerprint density at radius 1 is 1.09 bits per heavy atom. The lowest BCUT2D eigenvalue weighted by atomic mass is 9.98. The third-order valence-corrected chi connectivity index (χ3v) is 5.69. The van der Waals surface area contributed by atoms with Crippen LogP contribution in [0.1, 0.15) is 17.5 Å². The summed E-state index contributed by atoms with van der Waals surface area (Å²) in [6.07, 6.45) is 6.65. The summed E-state index contributed by atoms with van der Waals surface area (Å²) in [4.78, 5) is 11.1. The Hall–Kier alpha value is -3.16. The van der Waals surface area contributed by atoms with Gasteiger partial charge in [0.2, 0.25) is 0 Å². The molecule has 1 aromatic heterocycles. The van der Waals surface area contributed by atoms with Crippen LogP contribution in [0.3, 0.4) is 0 Å². The van der Waals surface area contributed by atoms with E-state index in [4.69, 9.17) is 10.5 Å². The molecule has 1 fully saturated rings. The fourth-order valence-electron chi connectivity index (χ4n) is 3.89. The molecule has 4 rings (SSSR count). The molecule has 0 spiro atoms. The van der Waals surface area contributed by atoms with E-state index in [1.54, 1.807) is 6.20 Å². The number of hydrogen-bond acceptors (Lipinski definition) is 4. The number of morpholine rings is 1. The first-order valence-electron chi connectivity index (χ1n) is 11.2. The van der Waals surface area contributed by atoms with Gasteiger partial charge in [-0.05, 0) is 35.2 Å². The van der Waals surface area contributed by atoms with Crippen molar-refractivity contribution in [3.05, 3.63) is 78.4 Å². The average Bonchev–Trinajstić information content (AvgIpc) is 3.35. The normalized spacial score (nSPS) is 15.1. The average molecular weight is 433 g/mol. The van der Waals surface area contributed by atoms with Crippen molar-refractivity contribution in [1.29, 1.82) is 0 Å². The van der Waals surface area contributed by atoms with Gasteiger partial charge < -0.3 is 20.4 Å². The van der Waals surface area contributed by atoms with Crippen LogP contribution in [0.5, 0.6) is 0 Å². The van der Waals surface area contributed by atoms with Crippen LogP contribution in [0.25, 0.3) is 11.1 Å².